The van der Waals surface area contributed by atoms with E-state index in [9.17, 15) is 18.0 Å². The molecule has 0 radical (unpaired) electrons. The smallest absolute Gasteiger partial charge is 0.487 e. The average molecular weight is 410 g/mol. The molecule has 0 aliphatic carbocycles. The van der Waals surface area contributed by atoms with Gasteiger partial charge in [0.2, 0.25) is 0 Å². The summed E-state index contributed by atoms with van der Waals surface area (Å²) in [4.78, 5) is 12.4. The lowest BCUT2D eigenvalue weighted by molar-refractivity contribution is -0.274. The minimum atomic E-state index is -4.75. The van der Waals surface area contributed by atoms with Crippen molar-refractivity contribution in [3.05, 3.63) is 93.4 Å². The van der Waals surface area contributed by atoms with Crippen molar-refractivity contribution in [2.75, 3.05) is 0 Å². The highest BCUT2D eigenvalue weighted by Crippen LogP contribution is 2.24. The molecule has 0 saturated carbocycles. The Kier molecular flexibility index (Phi) is 5.94. The van der Waals surface area contributed by atoms with Gasteiger partial charge in [0.25, 0.3) is 5.56 Å². The fourth-order valence-electron chi connectivity index (χ4n) is 2.49. The van der Waals surface area contributed by atoms with Gasteiger partial charge in [-0.2, -0.15) is 0 Å². The van der Waals surface area contributed by atoms with Gasteiger partial charge in [0.15, 0.2) is 0 Å². The van der Waals surface area contributed by atoms with Crippen molar-refractivity contribution >= 4 is 11.6 Å². The molecule has 0 spiro atoms. The van der Waals surface area contributed by atoms with Gasteiger partial charge < -0.3 is 14.0 Å². The van der Waals surface area contributed by atoms with Gasteiger partial charge in [-0.05, 0) is 29.3 Å². The van der Waals surface area contributed by atoms with Gasteiger partial charge in [-0.1, -0.05) is 54.1 Å². The third-order valence-corrected chi connectivity index (χ3v) is 4.17. The van der Waals surface area contributed by atoms with Gasteiger partial charge in [0, 0.05) is 6.20 Å². The monoisotopic (exact) mass is 409 g/mol. The second kappa shape index (κ2) is 8.39. The molecule has 146 valence electrons. The van der Waals surface area contributed by atoms with E-state index in [1.807, 2.05) is 30.3 Å². The quantitative estimate of drug-likeness (QED) is 0.573. The molecule has 0 unspecified atom stereocenters. The van der Waals surface area contributed by atoms with Crippen LogP contribution in [0.3, 0.4) is 0 Å². The molecule has 0 saturated heterocycles. The van der Waals surface area contributed by atoms with Gasteiger partial charge in [0.05, 0.1) is 6.54 Å². The van der Waals surface area contributed by atoms with Crippen molar-refractivity contribution in [1.82, 2.24) is 4.57 Å². The molecular weight excluding hydrogens is 395 g/mol. The van der Waals surface area contributed by atoms with Crippen molar-refractivity contribution < 1.29 is 22.6 Å². The van der Waals surface area contributed by atoms with Gasteiger partial charge in [-0.15, -0.1) is 13.2 Å². The normalized spacial score (nSPS) is 11.3. The van der Waals surface area contributed by atoms with E-state index in [1.54, 1.807) is 6.07 Å². The number of alkyl halides is 3. The van der Waals surface area contributed by atoms with Crippen molar-refractivity contribution in [1.29, 1.82) is 0 Å². The highest BCUT2D eigenvalue weighted by atomic mass is 35.5. The summed E-state index contributed by atoms with van der Waals surface area (Å²) in [5.74, 6) is -0.0630. The molecule has 1 aromatic heterocycles. The first-order valence-corrected chi connectivity index (χ1v) is 8.60. The van der Waals surface area contributed by atoms with Crippen LogP contribution < -0.4 is 15.0 Å². The molecule has 2 aromatic carbocycles. The molecule has 0 bridgehead atoms. The summed E-state index contributed by atoms with van der Waals surface area (Å²) in [6.07, 6.45) is -3.23. The van der Waals surface area contributed by atoms with E-state index in [0.29, 0.717) is 5.56 Å². The molecular formula is C20H15ClF3NO3. The number of ether oxygens (including phenoxy) is 2. The lowest BCUT2D eigenvalue weighted by Crippen LogP contribution is -2.21. The fraction of sp³-hybridized carbons (Fsp3) is 0.150. The number of rotatable bonds is 6. The predicted octanol–water partition coefficient (Wildman–Crippen LogP) is 5.03. The van der Waals surface area contributed by atoms with Crippen LogP contribution in [-0.4, -0.2) is 10.9 Å². The second-order valence-electron chi connectivity index (χ2n) is 5.89. The molecule has 0 aliphatic rings. The van der Waals surface area contributed by atoms with Crippen LogP contribution in [0.25, 0.3) is 0 Å². The Morgan fingerprint density at radius 1 is 0.929 bits per heavy atom. The summed E-state index contributed by atoms with van der Waals surface area (Å²) >= 11 is 6.13. The van der Waals surface area contributed by atoms with Gasteiger partial charge >= 0.3 is 6.36 Å². The van der Waals surface area contributed by atoms with E-state index in [2.05, 4.69) is 4.74 Å². The number of hydrogen-bond donors (Lipinski definition) is 0. The maximum atomic E-state index is 12.4. The fourth-order valence-corrected chi connectivity index (χ4v) is 2.72. The maximum Gasteiger partial charge on any atom is 0.573 e. The second-order valence-corrected chi connectivity index (χ2v) is 6.27. The van der Waals surface area contributed by atoms with Crippen LogP contribution in [0, 0.1) is 0 Å². The zero-order valence-electron chi connectivity index (χ0n) is 14.4. The average Bonchev–Trinajstić information content (AvgIpc) is 2.66. The first-order valence-electron chi connectivity index (χ1n) is 8.22. The van der Waals surface area contributed by atoms with E-state index in [4.69, 9.17) is 16.3 Å². The largest absolute Gasteiger partial charge is 0.573 e. The van der Waals surface area contributed by atoms with Crippen LogP contribution in [0.2, 0.25) is 5.02 Å². The molecule has 3 aromatic rings. The minimum absolute atomic E-state index is 0.0598. The summed E-state index contributed by atoms with van der Waals surface area (Å²) in [7, 11) is 0. The van der Waals surface area contributed by atoms with Crippen molar-refractivity contribution in [2.24, 2.45) is 0 Å². The Morgan fingerprint density at radius 3 is 2.25 bits per heavy atom. The zero-order chi connectivity index (χ0) is 20.1. The summed E-state index contributed by atoms with van der Waals surface area (Å²) in [5, 5.41) is -0.0598. The standard InChI is InChI=1S/C20H15ClF3NO3/c21-18-17(27-13-15-4-2-1-3-5-15)10-11-25(19(18)26)12-14-6-8-16(9-7-14)28-20(22,23)24/h1-11H,12-13H2. The molecule has 0 amide bonds. The predicted molar refractivity (Wildman–Crippen MR) is 98.7 cm³/mol. The van der Waals surface area contributed by atoms with E-state index in [-0.39, 0.29) is 29.7 Å². The van der Waals surface area contributed by atoms with E-state index in [1.165, 1.54) is 35.0 Å². The van der Waals surface area contributed by atoms with Gasteiger partial charge in [-0.25, -0.2) is 0 Å². The molecule has 0 aliphatic heterocycles. The van der Waals surface area contributed by atoms with E-state index in [0.717, 1.165) is 5.56 Å². The molecule has 0 atom stereocenters. The Morgan fingerprint density at radius 2 is 1.61 bits per heavy atom. The minimum Gasteiger partial charge on any atom is -0.487 e. The summed E-state index contributed by atoms with van der Waals surface area (Å²) in [6, 6.07) is 16.3. The first kappa shape index (κ1) is 19.8. The Balaban J connectivity index is 1.69. The number of aromatic nitrogens is 1. The van der Waals surface area contributed by atoms with Crippen LogP contribution in [0.5, 0.6) is 11.5 Å². The van der Waals surface area contributed by atoms with Crippen LogP contribution >= 0.6 is 11.6 Å². The lowest BCUT2D eigenvalue weighted by atomic mass is 10.2. The summed E-state index contributed by atoms with van der Waals surface area (Å²) < 4.78 is 47.4. The number of pyridine rings is 1. The Labute approximate surface area is 163 Å². The van der Waals surface area contributed by atoms with Crippen LogP contribution in [0.4, 0.5) is 13.2 Å². The van der Waals surface area contributed by atoms with E-state index < -0.39 is 11.9 Å². The number of hydrogen-bond acceptors (Lipinski definition) is 3. The lowest BCUT2D eigenvalue weighted by Gasteiger charge is -2.12. The van der Waals surface area contributed by atoms with Gasteiger partial charge in [-0.3, -0.25) is 4.79 Å². The summed E-state index contributed by atoms with van der Waals surface area (Å²) in [5.41, 5.74) is 1.09. The third kappa shape index (κ3) is 5.29. The van der Waals surface area contributed by atoms with Gasteiger partial charge in [0.1, 0.15) is 23.1 Å². The van der Waals surface area contributed by atoms with Crippen LogP contribution in [-0.2, 0) is 13.2 Å². The number of nitrogens with zero attached hydrogens (tertiary/aromatic N) is 1. The molecule has 0 fully saturated rings. The van der Waals surface area contributed by atoms with Crippen LogP contribution in [0.15, 0.2) is 71.7 Å². The zero-order valence-corrected chi connectivity index (χ0v) is 15.2. The Hall–Kier alpha value is -2.93. The first-order chi connectivity index (χ1) is 13.3. The number of halogens is 4. The third-order valence-electron chi connectivity index (χ3n) is 3.82. The van der Waals surface area contributed by atoms with E-state index >= 15 is 0 Å². The van der Waals surface area contributed by atoms with Crippen molar-refractivity contribution in [2.45, 2.75) is 19.5 Å². The van der Waals surface area contributed by atoms with Crippen molar-refractivity contribution in [3.63, 3.8) is 0 Å². The Bertz CT molecular complexity index is 986. The highest BCUT2D eigenvalue weighted by molar-refractivity contribution is 6.31. The molecule has 28 heavy (non-hydrogen) atoms. The maximum absolute atomic E-state index is 12.4. The van der Waals surface area contributed by atoms with Crippen LogP contribution in [0.1, 0.15) is 11.1 Å². The SMILES string of the molecule is O=c1c(Cl)c(OCc2ccccc2)ccn1Cc1ccc(OC(F)(F)F)cc1. The molecule has 0 N–H and O–H groups in total. The highest BCUT2D eigenvalue weighted by Gasteiger charge is 2.30. The molecule has 3 rings (SSSR count). The van der Waals surface area contributed by atoms with Crippen molar-refractivity contribution in [3.8, 4) is 11.5 Å². The molecule has 8 heteroatoms. The number of benzene rings is 2. The molecule has 4 nitrogen and oxygen atoms in total. The summed E-state index contributed by atoms with van der Waals surface area (Å²) in [6.45, 7) is 0.411. The topological polar surface area (TPSA) is 40.5 Å². The molecule has 1 heterocycles.